The first-order chi connectivity index (χ1) is 9.97. The molecule has 21 heavy (non-hydrogen) atoms. The molecule has 0 atom stereocenters. The smallest absolute Gasteiger partial charge is 0.317 e. The molecule has 0 amide bonds. The van der Waals surface area contributed by atoms with Gasteiger partial charge in [-0.25, -0.2) is 4.39 Å². The third-order valence-corrected chi connectivity index (χ3v) is 3.42. The number of nitro benzene ring substituents is 1. The molecule has 0 aromatic heterocycles. The monoisotopic (exact) mass is 297 g/mol. The first-order valence-corrected chi connectivity index (χ1v) is 6.60. The van der Waals surface area contributed by atoms with Crippen molar-refractivity contribution >= 4 is 17.3 Å². The Hall–Kier alpha value is -2.22. The van der Waals surface area contributed by atoms with Crippen LogP contribution in [0.2, 0.25) is 0 Å². The van der Waals surface area contributed by atoms with Gasteiger partial charge in [0, 0.05) is 38.3 Å². The minimum Gasteiger partial charge on any atom is -0.480 e. The maximum Gasteiger partial charge on any atom is 0.317 e. The molecule has 1 saturated heterocycles. The molecular weight excluding hydrogens is 281 g/mol. The van der Waals surface area contributed by atoms with E-state index in [1.165, 1.54) is 0 Å². The number of hydrogen-bond donors (Lipinski definition) is 1. The van der Waals surface area contributed by atoms with Crippen molar-refractivity contribution in [3.8, 4) is 0 Å². The maximum atomic E-state index is 13.4. The molecule has 0 unspecified atom stereocenters. The molecule has 1 aliphatic rings. The van der Waals surface area contributed by atoms with E-state index < -0.39 is 16.7 Å². The lowest BCUT2D eigenvalue weighted by molar-refractivity contribution is -0.384. The molecule has 1 aromatic rings. The van der Waals surface area contributed by atoms with Gasteiger partial charge in [0.15, 0.2) is 0 Å². The summed E-state index contributed by atoms with van der Waals surface area (Å²) in [5.74, 6) is -1.43. The molecule has 0 aliphatic carbocycles. The minimum absolute atomic E-state index is 0.0565. The Bertz CT molecular complexity index is 552. The van der Waals surface area contributed by atoms with Gasteiger partial charge in [0.2, 0.25) is 0 Å². The van der Waals surface area contributed by atoms with Crippen LogP contribution in [0.5, 0.6) is 0 Å². The van der Waals surface area contributed by atoms with E-state index in [0.29, 0.717) is 32.6 Å². The Balaban J connectivity index is 2.17. The number of anilines is 1. The Labute approximate surface area is 120 Å². The van der Waals surface area contributed by atoms with Crippen LogP contribution in [0, 0.1) is 15.9 Å². The molecule has 8 heteroatoms. The van der Waals surface area contributed by atoms with Crippen LogP contribution in [0.3, 0.4) is 0 Å². The molecule has 1 fully saturated rings. The topological polar surface area (TPSA) is 86.9 Å². The number of benzene rings is 1. The fourth-order valence-electron chi connectivity index (χ4n) is 2.47. The van der Waals surface area contributed by atoms with Gasteiger partial charge in [-0.05, 0) is 12.5 Å². The summed E-state index contributed by atoms with van der Waals surface area (Å²) in [6.45, 7) is 1.98. The molecule has 1 heterocycles. The van der Waals surface area contributed by atoms with E-state index in [4.69, 9.17) is 5.11 Å². The Morgan fingerprint density at radius 1 is 1.33 bits per heavy atom. The van der Waals surface area contributed by atoms with E-state index in [0.717, 1.165) is 18.2 Å². The lowest BCUT2D eigenvalue weighted by Gasteiger charge is -2.22. The van der Waals surface area contributed by atoms with Gasteiger partial charge in [0.05, 0.1) is 11.5 Å². The van der Waals surface area contributed by atoms with Gasteiger partial charge in [-0.3, -0.25) is 19.8 Å². The summed E-state index contributed by atoms with van der Waals surface area (Å²) in [6.07, 6.45) is 0.668. The van der Waals surface area contributed by atoms with E-state index in [1.807, 2.05) is 0 Å². The molecule has 7 nitrogen and oxygen atoms in total. The number of nitrogens with zero attached hydrogens (tertiary/aromatic N) is 3. The van der Waals surface area contributed by atoms with Gasteiger partial charge in [-0.2, -0.15) is 0 Å². The summed E-state index contributed by atoms with van der Waals surface area (Å²) in [7, 11) is 0. The first-order valence-electron chi connectivity index (χ1n) is 6.60. The van der Waals surface area contributed by atoms with Crippen LogP contribution >= 0.6 is 0 Å². The second-order valence-electron chi connectivity index (χ2n) is 4.90. The molecule has 0 bridgehead atoms. The van der Waals surface area contributed by atoms with Crippen molar-refractivity contribution in [2.45, 2.75) is 6.42 Å². The maximum absolute atomic E-state index is 13.4. The summed E-state index contributed by atoms with van der Waals surface area (Å²) in [5, 5.41) is 19.8. The van der Waals surface area contributed by atoms with Gasteiger partial charge >= 0.3 is 5.97 Å². The van der Waals surface area contributed by atoms with Crippen LogP contribution in [0.25, 0.3) is 0 Å². The van der Waals surface area contributed by atoms with Crippen molar-refractivity contribution in [3.05, 3.63) is 34.1 Å². The second kappa shape index (κ2) is 6.49. The summed E-state index contributed by atoms with van der Waals surface area (Å²) >= 11 is 0. The highest BCUT2D eigenvalue weighted by molar-refractivity contribution is 5.69. The van der Waals surface area contributed by atoms with Crippen molar-refractivity contribution in [2.75, 3.05) is 37.6 Å². The van der Waals surface area contributed by atoms with Crippen molar-refractivity contribution in [1.82, 2.24) is 4.90 Å². The fraction of sp³-hybridized carbons (Fsp3) is 0.462. The number of rotatable bonds is 4. The molecule has 0 spiro atoms. The van der Waals surface area contributed by atoms with E-state index in [2.05, 4.69) is 0 Å². The lowest BCUT2D eigenvalue weighted by Crippen LogP contribution is -2.34. The van der Waals surface area contributed by atoms with Crippen LogP contribution in [0.4, 0.5) is 15.8 Å². The summed E-state index contributed by atoms with van der Waals surface area (Å²) < 4.78 is 13.4. The Morgan fingerprint density at radius 2 is 2.10 bits per heavy atom. The van der Waals surface area contributed by atoms with E-state index >= 15 is 0 Å². The van der Waals surface area contributed by atoms with E-state index in [1.54, 1.807) is 9.80 Å². The largest absolute Gasteiger partial charge is 0.480 e. The second-order valence-corrected chi connectivity index (χ2v) is 4.90. The van der Waals surface area contributed by atoms with Crippen LogP contribution in [-0.4, -0.2) is 53.6 Å². The number of hydrogen-bond acceptors (Lipinski definition) is 5. The summed E-state index contributed by atoms with van der Waals surface area (Å²) in [6, 6.07) is 3.38. The number of carbonyl (C=O) groups is 1. The first kappa shape index (κ1) is 15.2. The molecular formula is C13H16FN3O4. The van der Waals surface area contributed by atoms with Crippen molar-refractivity contribution < 1.29 is 19.2 Å². The highest BCUT2D eigenvalue weighted by Gasteiger charge is 2.23. The zero-order valence-corrected chi connectivity index (χ0v) is 11.4. The number of carboxylic acid groups (broad SMARTS) is 1. The zero-order chi connectivity index (χ0) is 15.4. The molecule has 114 valence electrons. The number of halogens is 1. The normalized spacial score (nSPS) is 16.5. The average molecular weight is 297 g/mol. The van der Waals surface area contributed by atoms with Gasteiger partial charge in [0.25, 0.3) is 5.69 Å². The van der Waals surface area contributed by atoms with Gasteiger partial charge < -0.3 is 10.0 Å². The molecule has 2 rings (SSSR count). The molecule has 0 radical (unpaired) electrons. The summed E-state index contributed by atoms with van der Waals surface area (Å²) in [5.41, 5.74) is 0.111. The van der Waals surface area contributed by atoms with Crippen molar-refractivity contribution in [1.29, 1.82) is 0 Å². The highest BCUT2D eigenvalue weighted by Crippen LogP contribution is 2.29. The third-order valence-electron chi connectivity index (χ3n) is 3.42. The van der Waals surface area contributed by atoms with Gasteiger partial charge in [-0.15, -0.1) is 0 Å². The molecule has 1 N–H and O–H groups in total. The quantitative estimate of drug-likeness (QED) is 0.666. The van der Waals surface area contributed by atoms with Crippen LogP contribution in [0.15, 0.2) is 18.2 Å². The predicted octanol–water partition coefficient (Wildman–Crippen LogP) is 1.33. The predicted molar refractivity (Wildman–Crippen MR) is 74.0 cm³/mol. The lowest BCUT2D eigenvalue weighted by atomic mass is 10.2. The van der Waals surface area contributed by atoms with Crippen molar-refractivity contribution in [3.63, 3.8) is 0 Å². The number of aliphatic carboxylic acids is 1. The standard InChI is InChI=1S/C13H16FN3O4/c14-10-2-3-11(17(20)21)12(8-10)16-5-1-4-15(6-7-16)9-13(18)19/h2-3,8H,1,4-7,9H2,(H,18,19). The Kier molecular flexibility index (Phi) is 4.69. The van der Waals surface area contributed by atoms with Gasteiger partial charge in [-0.1, -0.05) is 0 Å². The fourth-order valence-corrected chi connectivity index (χ4v) is 2.47. The molecule has 1 aliphatic heterocycles. The third kappa shape index (κ3) is 3.88. The number of carboxylic acids is 1. The van der Waals surface area contributed by atoms with Crippen LogP contribution < -0.4 is 4.90 Å². The molecule has 1 aromatic carbocycles. The highest BCUT2D eigenvalue weighted by atomic mass is 19.1. The number of nitro groups is 1. The van der Waals surface area contributed by atoms with Gasteiger partial charge in [0.1, 0.15) is 11.5 Å². The minimum atomic E-state index is -0.903. The average Bonchev–Trinajstić information content (AvgIpc) is 2.63. The molecule has 0 saturated carbocycles. The van der Waals surface area contributed by atoms with E-state index in [-0.39, 0.29) is 17.9 Å². The van der Waals surface area contributed by atoms with Crippen LogP contribution in [0.1, 0.15) is 6.42 Å². The van der Waals surface area contributed by atoms with Crippen molar-refractivity contribution in [2.24, 2.45) is 0 Å². The SMILES string of the molecule is O=C(O)CN1CCCN(c2cc(F)ccc2[N+](=O)[O-])CC1. The summed E-state index contributed by atoms with van der Waals surface area (Å²) in [4.78, 5) is 24.7. The van der Waals surface area contributed by atoms with E-state index in [9.17, 15) is 19.3 Å². The zero-order valence-electron chi connectivity index (χ0n) is 11.4. The Morgan fingerprint density at radius 3 is 2.76 bits per heavy atom. The van der Waals surface area contributed by atoms with Crippen LogP contribution in [-0.2, 0) is 4.79 Å².